The lowest BCUT2D eigenvalue weighted by Crippen LogP contribution is -2.11. The summed E-state index contributed by atoms with van der Waals surface area (Å²) in [7, 11) is -1.31. The van der Waals surface area contributed by atoms with Crippen LogP contribution in [0.15, 0.2) is 51.8 Å². The number of ketones is 1. The number of aryl methyl sites for hydroxylation is 2. The largest absolute Gasteiger partial charge is 0.293 e. The van der Waals surface area contributed by atoms with Gasteiger partial charge in [-0.15, -0.1) is 0 Å². The first kappa shape index (κ1) is 15.1. The van der Waals surface area contributed by atoms with Crippen molar-refractivity contribution in [2.24, 2.45) is 0 Å². The zero-order valence-electron chi connectivity index (χ0n) is 11.4. The lowest BCUT2D eigenvalue weighted by molar-refractivity contribution is 0.102. The molecule has 0 saturated heterocycles. The maximum Gasteiger partial charge on any atom is 0.176 e. The smallest absolute Gasteiger partial charge is 0.176 e. The monoisotopic (exact) mass is 350 g/mol. The minimum Gasteiger partial charge on any atom is -0.293 e. The van der Waals surface area contributed by atoms with Gasteiger partial charge in [0.2, 0.25) is 0 Å². The van der Waals surface area contributed by atoms with Crippen LogP contribution in [0.25, 0.3) is 0 Å². The summed E-state index contributed by atoms with van der Waals surface area (Å²) in [5, 5.41) is 0. The molecular weight excluding hydrogens is 336 g/mol. The molecule has 0 aliphatic rings. The Kier molecular flexibility index (Phi) is 4.89. The molecule has 0 aliphatic heterocycles. The molecule has 0 radical (unpaired) electrons. The predicted molar refractivity (Wildman–Crippen MR) is 85.7 cm³/mol. The Labute approximate surface area is 129 Å². The van der Waals surface area contributed by atoms with Crippen molar-refractivity contribution in [2.45, 2.75) is 18.7 Å². The molecule has 1 atom stereocenters. The van der Waals surface area contributed by atoms with Crippen molar-refractivity contribution < 1.29 is 9.00 Å². The average molecular weight is 351 g/mol. The Hall–Kier alpha value is -1.26. The van der Waals surface area contributed by atoms with Gasteiger partial charge in [0.05, 0.1) is 16.6 Å². The van der Waals surface area contributed by atoms with Gasteiger partial charge < -0.3 is 0 Å². The summed E-state index contributed by atoms with van der Waals surface area (Å²) in [5.74, 6) is -0.112. The summed E-state index contributed by atoms with van der Waals surface area (Å²) in [5.41, 5.74) is 2.82. The van der Waals surface area contributed by atoms with Crippen LogP contribution in [0.4, 0.5) is 0 Å². The van der Waals surface area contributed by atoms with Gasteiger partial charge in [-0.05, 0) is 43.2 Å². The van der Waals surface area contributed by atoms with E-state index in [0.29, 0.717) is 10.5 Å². The number of rotatable bonds is 4. The maximum atomic E-state index is 12.3. The molecule has 4 heteroatoms. The van der Waals surface area contributed by atoms with Gasteiger partial charge in [-0.1, -0.05) is 40.2 Å². The van der Waals surface area contributed by atoms with Gasteiger partial charge in [0.1, 0.15) is 0 Å². The van der Waals surface area contributed by atoms with Crippen LogP contribution in [0.2, 0.25) is 0 Å². The van der Waals surface area contributed by atoms with Gasteiger partial charge in [0.15, 0.2) is 5.78 Å². The highest BCUT2D eigenvalue weighted by Crippen LogP contribution is 2.19. The van der Waals surface area contributed by atoms with Crippen LogP contribution < -0.4 is 0 Å². The van der Waals surface area contributed by atoms with Gasteiger partial charge in [0.25, 0.3) is 0 Å². The van der Waals surface area contributed by atoms with Gasteiger partial charge in [-0.3, -0.25) is 9.00 Å². The molecule has 0 aromatic heterocycles. The highest BCUT2D eigenvalue weighted by atomic mass is 79.9. The average Bonchev–Trinajstić information content (AvgIpc) is 2.42. The third-order valence-electron chi connectivity index (χ3n) is 3.18. The topological polar surface area (TPSA) is 34.1 Å². The molecule has 0 heterocycles. The summed E-state index contributed by atoms with van der Waals surface area (Å²) >= 11 is 3.34. The van der Waals surface area contributed by atoms with Gasteiger partial charge in [-0.25, -0.2) is 0 Å². The lowest BCUT2D eigenvalue weighted by atomic mass is 10.1. The second-order valence-corrected chi connectivity index (χ2v) is 6.94. The second kappa shape index (κ2) is 6.46. The summed E-state index contributed by atoms with van der Waals surface area (Å²) in [4.78, 5) is 12.9. The van der Waals surface area contributed by atoms with Crippen LogP contribution in [-0.2, 0) is 10.8 Å². The number of hydrogen-bond acceptors (Lipinski definition) is 2. The molecule has 1 unspecified atom stereocenters. The third kappa shape index (κ3) is 3.44. The van der Waals surface area contributed by atoms with Crippen molar-refractivity contribution in [3.8, 4) is 0 Å². The second-order valence-electron chi connectivity index (χ2n) is 4.64. The Morgan fingerprint density at radius 2 is 1.80 bits per heavy atom. The molecule has 0 bridgehead atoms. The number of carbonyl (C=O) groups excluding carboxylic acids is 1. The van der Waals surface area contributed by atoms with Gasteiger partial charge >= 0.3 is 0 Å². The molecule has 0 N–H and O–H groups in total. The third-order valence-corrected chi connectivity index (χ3v) is 5.17. The first-order valence-electron chi connectivity index (χ1n) is 6.22. The molecule has 104 valence electrons. The minimum atomic E-state index is -1.31. The van der Waals surface area contributed by atoms with Crippen LogP contribution >= 0.6 is 15.9 Å². The fourth-order valence-corrected chi connectivity index (χ4v) is 3.42. The van der Waals surface area contributed by atoms with E-state index in [-0.39, 0.29) is 11.5 Å². The molecule has 20 heavy (non-hydrogen) atoms. The van der Waals surface area contributed by atoms with Crippen LogP contribution in [0.3, 0.4) is 0 Å². The normalized spacial score (nSPS) is 12.2. The van der Waals surface area contributed by atoms with E-state index >= 15 is 0 Å². The molecule has 0 saturated carbocycles. The highest BCUT2D eigenvalue weighted by molar-refractivity contribution is 9.10. The Bertz CT molecular complexity index is 680. The quantitative estimate of drug-likeness (QED) is 0.779. The van der Waals surface area contributed by atoms with Crippen molar-refractivity contribution in [3.63, 3.8) is 0 Å². The Balaban J connectivity index is 2.17. The predicted octanol–water partition coefficient (Wildman–Crippen LogP) is 4.06. The Morgan fingerprint density at radius 1 is 1.10 bits per heavy atom. The standard InChI is InChI=1S/C16H15BrO2S/c1-11-7-8-13(9-12(11)2)20(19)10-16(18)14-5-3-4-6-15(14)17/h3-9H,10H2,1-2H3. The van der Waals surface area contributed by atoms with Crippen LogP contribution in [0.1, 0.15) is 21.5 Å². The molecule has 2 rings (SSSR count). The van der Waals surface area contributed by atoms with Crippen molar-refractivity contribution in [1.29, 1.82) is 0 Å². The molecule has 0 aliphatic carbocycles. The van der Waals surface area contributed by atoms with E-state index in [0.717, 1.165) is 15.6 Å². The molecule has 2 aromatic rings. The molecular formula is C16H15BrO2S. The summed E-state index contributed by atoms with van der Waals surface area (Å²) < 4.78 is 13.0. The molecule has 2 aromatic carbocycles. The Morgan fingerprint density at radius 3 is 2.45 bits per heavy atom. The first-order valence-corrected chi connectivity index (χ1v) is 8.33. The van der Waals surface area contributed by atoms with E-state index < -0.39 is 10.8 Å². The zero-order chi connectivity index (χ0) is 14.7. The molecule has 0 spiro atoms. The summed E-state index contributed by atoms with van der Waals surface area (Å²) in [6, 6.07) is 12.9. The number of benzene rings is 2. The molecule has 0 amide bonds. The summed E-state index contributed by atoms with van der Waals surface area (Å²) in [6.45, 7) is 3.99. The van der Waals surface area contributed by atoms with Crippen molar-refractivity contribution in [1.82, 2.24) is 0 Å². The van der Waals surface area contributed by atoms with Crippen LogP contribution in [-0.4, -0.2) is 15.7 Å². The summed E-state index contributed by atoms with van der Waals surface area (Å²) in [6.07, 6.45) is 0. The number of halogens is 1. The first-order chi connectivity index (χ1) is 9.49. The van der Waals surface area contributed by atoms with E-state index in [9.17, 15) is 9.00 Å². The highest BCUT2D eigenvalue weighted by Gasteiger charge is 2.14. The SMILES string of the molecule is Cc1ccc(S(=O)CC(=O)c2ccccc2Br)cc1C. The zero-order valence-corrected chi connectivity index (χ0v) is 13.8. The van der Waals surface area contributed by atoms with E-state index in [1.54, 1.807) is 12.1 Å². The van der Waals surface area contributed by atoms with E-state index in [2.05, 4.69) is 15.9 Å². The fourth-order valence-electron chi connectivity index (χ4n) is 1.82. The van der Waals surface area contributed by atoms with Gasteiger partial charge in [-0.2, -0.15) is 0 Å². The van der Waals surface area contributed by atoms with Gasteiger partial charge in [0, 0.05) is 14.9 Å². The number of Topliss-reactive ketones (excluding diaryl/α,β-unsaturated/α-hetero) is 1. The van der Waals surface area contributed by atoms with Crippen LogP contribution in [0, 0.1) is 13.8 Å². The van der Waals surface area contributed by atoms with E-state index in [4.69, 9.17) is 0 Å². The molecule has 2 nitrogen and oxygen atoms in total. The molecule has 0 fully saturated rings. The lowest BCUT2D eigenvalue weighted by Gasteiger charge is -2.06. The minimum absolute atomic E-state index is 0.00507. The van der Waals surface area contributed by atoms with Crippen LogP contribution in [0.5, 0.6) is 0 Å². The van der Waals surface area contributed by atoms with Crippen molar-refractivity contribution >= 4 is 32.5 Å². The number of hydrogen-bond donors (Lipinski definition) is 0. The van der Waals surface area contributed by atoms with Crippen molar-refractivity contribution in [3.05, 3.63) is 63.6 Å². The van der Waals surface area contributed by atoms with Crippen molar-refractivity contribution in [2.75, 3.05) is 5.75 Å². The van der Waals surface area contributed by atoms with E-state index in [1.165, 1.54) is 0 Å². The van der Waals surface area contributed by atoms with E-state index in [1.807, 2.05) is 44.2 Å². The fraction of sp³-hybridized carbons (Fsp3) is 0.188. The maximum absolute atomic E-state index is 12.3. The number of carbonyl (C=O) groups is 1.